The Labute approximate surface area is 199 Å². The number of halogens is 1. The Morgan fingerprint density at radius 2 is 1.79 bits per heavy atom. The van der Waals surface area contributed by atoms with E-state index in [1.54, 1.807) is 4.90 Å². The molecule has 0 saturated carbocycles. The van der Waals surface area contributed by atoms with Crippen LogP contribution in [0.4, 0.5) is 14.9 Å². The quantitative estimate of drug-likeness (QED) is 0.624. The first-order chi connectivity index (χ1) is 16.4. The highest BCUT2D eigenvalue weighted by Gasteiger charge is 2.50. The highest BCUT2D eigenvalue weighted by molar-refractivity contribution is 5.83. The number of hydrogen-bond acceptors (Lipinski definition) is 7. The van der Waals surface area contributed by atoms with Crippen LogP contribution >= 0.6 is 0 Å². The van der Waals surface area contributed by atoms with Gasteiger partial charge in [0, 0.05) is 57.9 Å². The standard InChI is InChI=1S/C24H33FN4O5/c1-33-23(32)26-17-21(30)29-10-7-24(8-11-29)16-20(34-22(24)31)6-9-27-12-14-28(15-13-27)19-4-2-18(25)3-5-19/h2-5,20H,6-17H2,1H3,(H,26,32)/t20-/m0/s1. The Balaban J connectivity index is 1.18. The van der Waals surface area contributed by atoms with E-state index in [1.807, 2.05) is 12.1 Å². The maximum Gasteiger partial charge on any atom is 0.407 e. The van der Waals surface area contributed by atoms with E-state index in [0.717, 1.165) is 44.8 Å². The molecule has 1 spiro atoms. The number of alkyl carbamates (subject to hydrolysis) is 1. The number of anilines is 1. The summed E-state index contributed by atoms with van der Waals surface area (Å²) in [5.41, 5.74) is 0.539. The van der Waals surface area contributed by atoms with Gasteiger partial charge < -0.3 is 24.6 Å². The largest absolute Gasteiger partial charge is 0.462 e. The van der Waals surface area contributed by atoms with Crippen LogP contribution < -0.4 is 10.2 Å². The van der Waals surface area contributed by atoms with Crippen molar-refractivity contribution in [1.29, 1.82) is 0 Å². The minimum atomic E-state index is -0.638. The summed E-state index contributed by atoms with van der Waals surface area (Å²) in [6.45, 7) is 5.32. The molecule has 10 heteroatoms. The molecule has 3 aliphatic heterocycles. The van der Waals surface area contributed by atoms with Crippen molar-refractivity contribution in [3.8, 4) is 0 Å². The maximum absolute atomic E-state index is 13.2. The lowest BCUT2D eigenvalue weighted by molar-refractivity contribution is -0.152. The van der Waals surface area contributed by atoms with Crippen molar-refractivity contribution >= 4 is 23.7 Å². The molecule has 1 aromatic carbocycles. The number of carbonyl (C=O) groups excluding carboxylic acids is 3. The van der Waals surface area contributed by atoms with Gasteiger partial charge in [-0.15, -0.1) is 0 Å². The molecule has 0 aliphatic carbocycles. The summed E-state index contributed by atoms with van der Waals surface area (Å²) < 4.78 is 23.4. The van der Waals surface area contributed by atoms with Crippen LogP contribution in [0.5, 0.6) is 0 Å². The number of benzene rings is 1. The molecule has 4 rings (SSSR count). The number of likely N-dealkylation sites (tertiary alicyclic amines) is 1. The molecule has 1 aromatic rings. The van der Waals surface area contributed by atoms with Gasteiger partial charge in [0.05, 0.1) is 12.5 Å². The van der Waals surface area contributed by atoms with Gasteiger partial charge >= 0.3 is 12.1 Å². The molecule has 2 amide bonds. The third-order valence-electron chi connectivity index (χ3n) is 7.30. The zero-order valence-electron chi connectivity index (χ0n) is 19.6. The average molecular weight is 477 g/mol. The van der Waals surface area contributed by atoms with Crippen molar-refractivity contribution in [3.05, 3.63) is 30.1 Å². The van der Waals surface area contributed by atoms with Gasteiger partial charge in [0.2, 0.25) is 5.91 Å². The lowest BCUT2D eigenvalue weighted by Crippen LogP contribution is -2.48. The Kier molecular flexibility index (Phi) is 7.55. The van der Waals surface area contributed by atoms with Crippen LogP contribution in [-0.4, -0.2) is 93.3 Å². The third kappa shape index (κ3) is 5.60. The molecule has 9 nitrogen and oxygen atoms in total. The fourth-order valence-corrected chi connectivity index (χ4v) is 5.13. The number of ether oxygens (including phenoxy) is 2. The molecular weight excluding hydrogens is 443 g/mol. The molecule has 34 heavy (non-hydrogen) atoms. The van der Waals surface area contributed by atoms with Gasteiger partial charge in [-0.25, -0.2) is 9.18 Å². The van der Waals surface area contributed by atoms with Gasteiger partial charge in [-0.2, -0.15) is 0 Å². The number of esters is 1. The predicted octanol–water partition coefficient (Wildman–Crippen LogP) is 1.62. The number of piperidine rings is 1. The van der Waals surface area contributed by atoms with Gasteiger partial charge in [-0.1, -0.05) is 0 Å². The van der Waals surface area contributed by atoms with Crippen molar-refractivity contribution in [2.75, 3.05) is 64.4 Å². The maximum atomic E-state index is 13.2. The molecule has 0 bridgehead atoms. The molecule has 0 unspecified atom stereocenters. The Hall–Kier alpha value is -2.88. The average Bonchev–Trinajstić information content (AvgIpc) is 3.16. The van der Waals surface area contributed by atoms with Crippen LogP contribution in [0.25, 0.3) is 0 Å². The summed E-state index contributed by atoms with van der Waals surface area (Å²) in [4.78, 5) is 42.5. The van der Waals surface area contributed by atoms with Crippen LogP contribution in [0, 0.1) is 11.2 Å². The predicted molar refractivity (Wildman–Crippen MR) is 123 cm³/mol. The zero-order valence-corrected chi connectivity index (χ0v) is 19.6. The Morgan fingerprint density at radius 3 is 2.44 bits per heavy atom. The molecule has 3 fully saturated rings. The highest BCUT2D eigenvalue weighted by atomic mass is 19.1. The number of piperazine rings is 1. The van der Waals surface area contributed by atoms with Crippen molar-refractivity contribution in [1.82, 2.24) is 15.1 Å². The van der Waals surface area contributed by atoms with Crippen LogP contribution in [-0.2, 0) is 19.1 Å². The fourth-order valence-electron chi connectivity index (χ4n) is 5.13. The second kappa shape index (κ2) is 10.6. The van der Waals surface area contributed by atoms with Gasteiger partial charge in [0.15, 0.2) is 0 Å². The van der Waals surface area contributed by atoms with E-state index in [1.165, 1.54) is 19.2 Å². The number of amides is 2. The summed E-state index contributed by atoms with van der Waals surface area (Å²) in [5.74, 6) is -0.541. The molecular formula is C24H33FN4O5. The molecule has 1 N–H and O–H groups in total. The molecule has 1 atom stereocenters. The molecule has 0 aromatic heterocycles. The fraction of sp³-hybridized carbons (Fsp3) is 0.625. The number of nitrogens with zero attached hydrogens (tertiary/aromatic N) is 3. The van der Waals surface area contributed by atoms with E-state index >= 15 is 0 Å². The first kappa shape index (κ1) is 24.3. The number of nitrogens with one attached hydrogen (secondary N) is 1. The second-order valence-electron chi connectivity index (χ2n) is 9.33. The third-order valence-corrected chi connectivity index (χ3v) is 7.30. The first-order valence-corrected chi connectivity index (χ1v) is 11.9. The molecule has 186 valence electrons. The SMILES string of the molecule is COC(=O)NCC(=O)N1CCC2(CC1)C[C@H](CCN1CCN(c3ccc(F)cc3)CC1)OC2=O. The van der Waals surface area contributed by atoms with Gasteiger partial charge in [0.25, 0.3) is 0 Å². The zero-order chi connectivity index (χ0) is 24.1. The Bertz CT molecular complexity index is 880. The summed E-state index contributed by atoms with van der Waals surface area (Å²) in [7, 11) is 1.25. The van der Waals surface area contributed by atoms with Crippen molar-refractivity contribution in [2.24, 2.45) is 5.41 Å². The van der Waals surface area contributed by atoms with Crippen molar-refractivity contribution in [3.63, 3.8) is 0 Å². The Morgan fingerprint density at radius 1 is 1.12 bits per heavy atom. The van der Waals surface area contributed by atoms with Crippen molar-refractivity contribution in [2.45, 2.75) is 31.8 Å². The number of rotatable bonds is 6. The van der Waals surface area contributed by atoms with E-state index in [9.17, 15) is 18.8 Å². The van der Waals surface area contributed by atoms with E-state index in [2.05, 4.69) is 19.9 Å². The minimum Gasteiger partial charge on any atom is -0.462 e. The van der Waals surface area contributed by atoms with E-state index in [4.69, 9.17) is 4.74 Å². The molecule has 0 radical (unpaired) electrons. The van der Waals surface area contributed by atoms with E-state index in [-0.39, 0.29) is 30.3 Å². The topological polar surface area (TPSA) is 91.4 Å². The van der Waals surface area contributed by atoms with Crippen molar-refractivity contribution < 1.29 is 28.2 Å². The van der Waals surface area contributed by atoms with Crippen LogP contribution in [0.1, 0.15) is 25.7 Å². The smallest absolute Gasteiger partial charge is 0.407 e. The lowest BCUT2D eigenvalue weighted by atomic mass is 9.75. The number of hydrogen-bond donors (Lipinski definition) is 1. The minimum absolute atomic E-state index is 0.0918. The first-order valence-electron chi connectivity index (χ1n) is 11.9. The number of carbonyl (C=O) groups is 3. The van der Waals surface area contributed by atoms with Gasteiger partial charge in [-0.3, -0.25) is 14.5 Å². The van der Waals surface area contributed by atoms with Gasteiger partial charge in [-0.05, 0) is 43.5 Å². The van der Waals surface area contributed by atoms with Crippen LogP contribution in [0.15, 0.2) is 24.3 Å². The molecule has 3 saturated heterocycles. The van der Waals surface area contributed by atoms with Gasteiger partial charge in [0.1, 0.15) is 18.5 Å². The summed E-state index contributed by atoms with van der Waals surface area (Å²) in [6, 6.07) is 6.62. The summed E-state index contributed by atoms with van der Waals surface area (Å²) >= 11 is 0. The summed E-state index contributed by atoms with van der Waals surface area (Å²) in [6.07, 6.45) is 1.94. The number of methoxy groups -OCH3 is 1. The summed E-state index contributed by atoms with van der Waals surface area (Å²) in [5, 5.41) is 2.40. The molecule has 3 heterocycles. The highest BCUT2D eigenvalue weighted by Crippen LogP contribution is 2.43. The van der Waals surface area contributed by atoms with E-state index in [0.29, 0.717) is 32.4 Å². The monoisotopic (exact) mass is 476 g/mol. The number of cyclic esters (lactones) is 1. The van der Waals surface area contributed by atoms with E-state index < -0.39 is 11.5 Å². The second-order valence-corrected chi connectivity index (χ2v) is 9.33. The van der Waals surface area contributed by atoms with Crippen LogP contribution in [0.2, 0.25) is 0 Å². The normalized spacial score (nSPS) is 22.5. The van der Waals surface area contributed by atoms with Crippen LogP contribution in [0.3, 0.4) is 0 Å². The molecule has 3 aliphatic rings. The lowest BCUT2D eigenvalue weighted by Gasteiger charge is -2.37.